The highest BCUT2D eigenvalue weighted by Crippen LogP contribution is 2.07. The van der Waals surface area contributed by atoms with Gasteiger partial charge in [0.05, 0.1) is 18.9 Å². The lowest BCUT2D eigenvalue weighted by atomic mass is 10.2. The van der Waals surface area contributed by atoms with Crippen molar-refractivity contribution in [1.82, 2.24) is 5.32 Å². The van der Waals surface area contributed by atoms with E-state index in [0.717, 1.165) is 31.7 Å². The minimum atomic E-state index is 0.654. The van der Waals surface area contributed by atoms with Gasteiger partial charge in [0.1, 0.15) is 5.76 Å². The maximum Gasteiger partial charge on any atom is 0.120 e. The fourth-order valence-corrected chi connectivity index (χ4v) is 1.24. The highest BCUT2D eigenvalue weighted by molar-refractivity contribution is 5.13. The van der Waals surface area contributed by atoms with Gasteiger partial charge in [-0.25, -0.2) is 0 Å². The maximum absolute atomic E-state index is 8.32. The van der Waals surface area contributed by atoms with Crippen LogP contribution in [0.2, 0.25) is 0 Å². The summed E-state index contributed by atoms with van der Waals surface area (Å²) < 4.78 is 5.28. The smallest absolute Gasteiger partial charge is 0.120 e. The number of nitrogens with zero attached hydrogens (tertiary/aromatic N) is 1. The highest BCUT2D eigenvalue weighted by atomic mass is 16.3. The van der Waals surface area contributed by atoms with Gasteiger partial charge >= 0.3 is 0 Å². The molecule has 0 aliphatic heterocycles. The molecular weight excluding hydrogens is 176 g/mol. The van der Waals surface area contributed by atoms with Crippen LogP contribution in [0.15, 0.2) is 16.7 Å². The second-order valence-electron chi connectivity index (χ2n) is 3.32. The number of nitriles is 1. The summed E-state index contributed by atoms with van der Waals surface area (Å²) in [5.74, 6) is 1.00. The summed E-state index contributed by atoms with van der Waals surface area (Å²) in [5.41, 5.74) is 1.19. The van der Waals surface area contributed by atoms with Crippen LogP contribution in [0.25, 0.3) is 0 Å². The first-order valence-corrected chi connectivity index (χ1v) is 4.95. The predicted octanol–water partition coefficient (Wildman–Crippen LogP) is 2.37. The SMILES string of the molecule is Cc1ccoc1CNCCCCC#N. The van der Waals surface area contributed by atoms with Crippen LogP contribution in [-0.2, 0) is 6.54 Å². The Morgan fingerprint density at radius 3 is 3.00 bits per heavy atom. The molecule has 0 amide bonds. The minimum absolute atomic E-state index is 0.654. The van der Waals surface area contributed by atoms with Gasteiger partial charge in [-0.1, -0.05) is 0 Å². The Balaban J connectivity index is 2.05. The van der Waals surface area contributed by atoms with Gasteiger partial charge in [-0.2, -0.15) is 5.26 Å². The third kappa shape index (κ3) is 3.63. The zero-order valence-electron chi connectivity index (χ0n) is 8.55. The van der Waals surface area contributed by atoms with E-state index in [0.29, 0.717) is 6.42 Å². The van der Waals surface area contributed by atoms with Crippen molar-refractivity contribution in [2.24, 2.45) is 0 Å². The lowest BCUT2D eigenvalue weighted by Crippen LogP contribution is -2.14. The first kappa shape index (κ1) is 10.8. The summed E-state index contributed by atoms with van der Waals surface area (Å²) in [5, 5.41) is 11.6. The summed E-state index contributed by atoms with van der Waals surface area (Å²) in [6.45, 7) is 3.77. The number of hydrogen-bond donors (Lipinski definition) is 1. The molecule has 0 saturated heterocycles. The molecule has 0 aliphatic rings. The molecule has 0 radical (unpaired) electrons. The predicted molar refractivity (Wildman–Crippen MR) is 54.6 cm³/mol. The minimum Gasteiger partial charge on any atom is -0.468 e. The van der Waals surface area contributed by atoms with Gasteiger partial charge in [-0.05, 0) is 37.9 Å². The molecule has 0 saturated carbocycles. The molecule has 1 aromatic rings. The fraction of sp³-hybridized carbons (Fsp3) is 0.545. The molecule has 1 aromatic heterocycles. The van der Waals surface area contributed by atoms with Crippen LogP contribution in [0.1, 0.15) is 30.6 Å². The van der Waals surface area contributed by atoms with E-state index in [4.69, 9.17) is 9.68 Å². The van der Waals surface area contributed by atoms with Crippen molar-refractivity contribution in [3.8, 4) is 6.07 Å². The second kappa shape index (κ2) is 6.22. The molecule has 0 aliphatic carbocycles. The Morgan fingerprint density at radius 1 is 1.50 bits per heavy atom. The zero-order valence-corrected chi connectivity index (χ0v) is 8.55. The Hall–Kier alpha value is -1.27. The van der Waals surface area contributed by atoms with Crippen molar-refractivity contribution in [2.75, 3.05) is 6.54 Å². The van der Waals surface area contributed by atoms with Crippen LogP contribution in [0.4, 0.5) is 0 Å². The van der Waals surface area contributed by atoms with Gasteiger partial charge in [-0.3, -0.25) is 0 Å². The number of unbranched alkanes of at least 4 members (excludes halogenated alkanes) is 2. The van der Waals surface area contributed by atoms with Gasteiger partial charge in [-0.15, -0.1) is 0 Å². The summed E-state index contributed by atoms with van der Waals surface area (Å²) in [6, 6.07) is 4.10. The van der Waals surface area contributed by atoms with Crippen LogP contribution >= 0.6 is 0 Å². The molecule has 14 heavy (non-hydrogen) atoms. The van der Waals surface area contributed by atoms with Crippen molar-refractivity contribution in [3.63, 3.8) is 0 Å². The molecule has 0 atom stereocenters. The van der Waals surface area contributed by atoms with E-state index in [2.05, 4.69) is 11.4 Å². The number of rotatable bonds is 6. The van der Waals surface area contributed by atoms with E-state index in [1.165, 1.54) is 5.56 Å². The molecule has 1 heterocycles. The number of nitrogens with one attached hydrogen (secondary N) is 1. The van der Waals surface area contributed by atoms with E-state index in [1.807, 2.05) is 13.0 Å². The largest absolute Gasteiger partial charge is 0.468 e. The van der Waals surface area contributed by atoms with Crippen LogP contribution in [0.5, 0.6) is 0 Å². The van der Waals surface area contributed by atoms with Crippen LogP contribution in [-0.4, -0.2) is 6.54 Å². The van der Waals surface area contributed by atoms with E-state index in [1.54, 1.807) is 6.26 Å². The average molecular weight is 192 g/mol. The zero-order chi connectivity index (χ0) is 10.2. The molecule has 0 aromatic carbocycles. The Bertz CT molecular complexity index is 298. The van der Waals surface area contributed by atoms with Gasteiger partial charge in [0, 0.05) is 6.42 Å². The summed E-state index contributed by atoms with van der Waals surface area (Å²) in [7, 11) is 0. The normalized spacial score (nSPS) is 10.0. The summed E-state index contributed by atoms with van der Waals surface area (Å²) >= 11 is 0. The van der Waals surface area contributed by atoms with E-state index >= 15 is 0 Å². The Labute approximate surface area is 84.7 Å². The molecule has 3 heteroatoms. The molecule has 0 bridgehead atoms. The molecule has 0 spiro atoms. The number of furan rings is 1. The van der Waals surface area contributed by atoms with Crippen molar-refractivity contribution in [1.29, 1.82) is 5.26 Å². The quantitative estimate of drug-likeness (QED) is 0.704. The molecule has 0 fully saturated rings. The molecule has 0 unspecified atom stereocenters. The third-order valence-corrected chi connectivity index (χ3v) is 2.15. The number of hydrogen-bond acceptors (Lipinski definition) is 3. The summed E-state index contributed by atoms with van der Waals surface area (Å²) in [6.07, 6.45) is 4.39. The van der Waals surface area contributed by atoms with Crippen LogP contribution in [0.3, 0.4) is 0 Å². The summed E-state index contributed by atoms with van der Waals surface area (Å²) in [4.78, 5) is 0. The first-order valence-electron chi connectivity index (χ1n) is 4.95. The maximum atomic E-state index is 8.32. The average Bonchev–Trinajstić information content (AvgIpc) is 2.58. The molecule has 3 nitrogen and oxygen atoms in total. The van der Waals surface area contributed by atoms with Gasteiger partial charge in [0.25, 0.3) is 0 Å². The lowest BCUT2D eigenvalue weighted by Gasteiger charge is -2.01. The second-order valence-corrected chi connectivity index (χ2v) is 3.32. The topological polar surface area (TPSA) is 49.0 Å². The Morgan fingerprint density at radius 2 is 2.36 bits per heavy atom. The van der Waals surface area contributed by atoms with E-state index in [9.17, 15) is 0 Å². The van der Waals surface area contributed by atoms with Crippen LogP contribution < -0.4 is 5.32 Å². The lowest BCUT2D eigenvalue weighted by molar-refractivity contribution is 0.477. The van der Waals surface area contributed by atoms with Gasteiger partial charge in [0.2, 0.25) is 0 Å². The van der Waals surface area contributed by atoms with Crippen molar-refractivity contribution in [3.05, 3.63) is 23.7 Å². The van der Waals surface area contributed by atoms with Crippen LogP contribution in [0, 0.1) is 18.3 Å². The molecule has 1 N–H and O–H groups in total. The van der Waals surface area contributed by atoms with E-state index < -0.39 is 0 Å². The van der Waals surface area contributed by atoms with Gasteiger partial charge < -0.3 is 9.73 Å². The highest BCUT2D eigenvalue weighted by Gasteiger charge is 1.99. The van der Waals surface area contributed by atoms with Gasteiger partial charge in [0.15, 0.2) is 0 Å². The third-order valence-electron chi connectivity index (χ3n) is 2.15. The van der Waals surface area contributed by atoms with E-state index in [-0.39, 0.29) is 0 Å². The van der Waals surface area contributed by atoms with Crippen molar-refractivity contribution < 1.29 is 4.42 Å². The van der Waals surface area contributed by atoms with Crippen molar-refractivity contribution in [2.45, 2.75) is 32.7 Å². The van der Waals surface area contributed by atoms with Crippen molar-refractivity contribution >= 4 is 0 Å². The monoisotopic (exact) mass is 192 g/mol. The number of aryl methyl sites for hydroxylation is 1. The molecular formula is C11H16N2O. The molecule has 1 rings (SSSR count). The fourth-order valence-electron chi connectivity index (χ4n) is 1.24. The molecule has 76 valence electrons. The first-order chi connectivity index (χ1) is 6.84. The Kier molecular flexibility index (Phi) is 4.81. The standard InChI is InChI=1S/C11H16N2O/c1-10-5-8-14-11(10)9-13-7-4-2-3-6-12/h5,8,13H,2-4,7,9H2,1H3.